The summed E-state index contributed by atoms with van der Waals surface area (Å²) in [4.78, 5) is 0. The van der Waals surface area contributed by atoms with Gasteiger partial charge >= 0.3 is 0 Å². The molecule has 0 fully saturated rings. The summed E-state index contributed by atoms with van der Waals surface area (Å²) < 4.78 is 11.6. The Morgan fingerprint density at radius 2 is 2.35 bits per heavy atom. The molecule has 0 saturated carbocycles. The van der Waals surface area contributed by atoms with Crippen LogP contribution in [-0.4, -0.2) is 31.0 Å². The minimum absolute atomic E-state index is 0.0550. The number of rotatable bonds is 1. The molecule has 3 aliphatic rings. The average Bonchev–Trinajstić information content (AvgIpc) is 2.70. The number of aromatic hydroxyl groups is 1. The fourth-order valence-corrected chi connectivity index (χ4v) is 3.88. The second-order valence-electron chi connectivity index (χ2n) is 5.89. The van der Waals surface area contributed by atoms with Gasteiger partial charge in [0.2, 0.25) is 0 Å². The number of phenolic OH excluding ortho intramolecular Hbond substituents is 1. The van der Waals surface area contributed by atoms with Gasteiger partial charge in [0.1, 0.15) is 6.10 Å². The minimum Gasteiger partial charge on any atom is -0.504 e. The Bertz CT molecular complexity index is 583. The Morgan fingerprint density at radius 1 is 1.45 bits per heavy atom. The third-order valence-corrected chi connectivity index (χ3v) is 4.91. The minimum atomic E-state index is -0.109. The van der Waals surface area contributed by atoms with Gasteiger partial charge in [-0.05, 0) is 24.6 Å². The normalized spacial score (nSPS) is 34.0. The van der Waals surface area contributed by atoms with Gasteiger partial charge in [-0.15, -0.1) is 0 Å². The molecule has 4 heteroatoms. The van der Waals surface area contributed by atoms with Gasteiger partial charge < -0.3 is 19.9 Å². The fraction of sp³-hybridized carbons (Fsp3) is 0.500. The smallest absolute Gasteiger partial charge is 0.165 e. The molecule has 4 nitrogen and oxygen atoms in total. The number of hydrogen-bond acceptors (Lipinski definition) is 4. The van der Waals surface area contributed by atoms with Crippen molar-refractivity contribution in [3.05, 3.63) is 35.4 Å². The SMILES string of the molecule is CO[C@H]1C=C[C@@]23CCNCc4ccc(O)c(c42)O[C@H]3C1. The zero-order valence-electron chi connectivity index (χ0n) is 11.6. The van der Waals surface area contributed by atoms with Crippen molar-refractivity contribution in [3.8, 4) is 11.5 Å². The van der Waals surface area contributed by atoms with Crippen LogP contribution in [0.2, 0.25) is 0 Å². The number of hydrogen-bond donors (Lipinski definition) is 2. The lowest BCUT2D eigenvalue weighted by molar-refractivity contribution is 0.0569. The summed E-state index contributed by atoms with van der Waals surface area (Å²) in [5, 5.41) is 13.6. The summed E-state index contributed by atoms with van der Waals surface area (Å²) in [5.74, 6) is 0.930. The number of phenols is 1. The fourth-order valence-electron chi connectivity index (χ4n) is 3.88. The van der Waals surface area contributed by atoms with Crippen molar-refractivity contribution in [2.75, 3.05) is 13.7 Å². The Labute approximate surface area is 118 Å². The zero-order valence-corrected chi connectivity index (χ0v) is 11.6. The molecule has 0 aromatic heterocycles. The van der Waals surface area contributed by atoms with E-state index in [2.05, 4.69) is 17.5 Å². The highest BCUT2D eigenvalue weighted by Crippen LogP contribution is 2.54. The molecule has 0 saturated heterocycles. The molecule has 2 heterocycles. The van der Waals surface area contributed by atoms with Crippen LogP contribution in [-0.2, 0) is 16.7 Å². The lowest BCUT2D eigenvalue weighted by Gasteiger charge is -2.36. The van der Waals surface area contributed by atoms with E-state index in [9.17, 15) is 5.11 Å². The van der Waals surface area contributed by atoms with Gasteiger partial charge in [0, 0.05) is 25.6 Å². The van der Waals surface area contributed by atoms with Crippen LogP contribution in [0.25, 0.3) is 0 Å². The summed E-state index contributed by atoms with van der Waals surface area (Å²) in [6.07, 6.45) is 6.38. The maximum Gasteiger partial charge on any atom is 0.165 e. The maximum absolute atomic E-state index is 10.2. The molecule has 4 rings (SSSR count). The first kappa shape index (κ1) is 12.2. The standard InChI is InChI=1S/C16H19NO3/c1-19-11-4-5-16-6-7-17-9-10-2-3-12(18)15(14(10)16)20-13(16)8-11/h2-5,11,13,17-18H,6-9H2,1H3/t11-,13-,16-/m0/s1. The third-order valence-electron chi connectivity index (χ3n) is 4.91. The van der Waals surface area contributed by atoms with E-state index >= 15 is 0 Å². The molecule has 0 radical (unpaired) electrons. The van der Waals surface area contributed by atoms with Crippen molar-refractivity contribution >= 4 is 0 Å². The van der Waals surface area contributed by atoms with Gasteiger partial charge in [0.15, 0.2) is 11.5 Å². The van der Waals surface area contributed by atoms with E-state index in [1.54, 1.807) is 13.2 Å². The Kier molecular flexibility index (Phi) is 2.59. The van der Waals surface area contributed by atoms with Crippen LogP contribution in [0, 0.1) is 0 Å². The second kappa shape index (κ2) is 4.24. The summed E-state index contributed by atoms with van der Waals surface area (Å²) in [6.45, 7) is 1.79. The molecule has 1 spiro atoms. The van der Waals surface area contributed by atoms with E-state index in [0.29, 0.717) is 5.75 Å². The highest BCUT2D eigenvalue weighted by atomic mass is 16.5. The van der Waals surface area contributed by atoms with Crippen molar-refractivity contribution in [1.82, 2.24) is 5.32 Å². The molecule has 1 aromatic rings. The first-order chi connectivity index (χ1) is 9.74. The summed E-state index contributed by atoms with van der Waals surface area (Å²) in [7, 11) is 1.73. The lowest BCUT2D eigenvalue weighted by Crippen LogP contribution is -2.43. The average molecular weight is 273 g/mol. The topological polar surface area (TPSA) is 50.7 Å². The van der Waals surface area contributed by atoms with Crippen molar-refractivity contribution in [3.63, 3.8) is 0 Å². The quantitative estimate of drug-likeness (QED) is 0.767. The molecule has 2 N–H and O–H groups in total. The van der Waals surface area contributed by atoms with Gasteiger partial charge in [-0.2, -0.15) is 0 Å². The van der Waals surface area contributed by atoms with E-state index < -0.39 is 0 Å². The van der Waals surface area contributed by atoms with E-state index in [4.69, 9.17) is 9.47 Å². The highest BCUT2D eigenvalue weighted by Gasteiger charge is 2.52. The van der Waals surface area contributed by atoms with Crippen LogP contribution in [0.1, 0.15) is 24.0 Å². The number of ether oxygens (including phenoxy) is 2. The predicted octanol–water partition coefficient (Wildman–Crippen LogP) is 1.86. The molecular formula is C16H19NO3. The van der Waals surface area contributed by atoms with Gasteiger partial charge in [0.25, 0.3) is 0 Å². The molecular weight excluding hydrogens is 254 g/mol. The molecule has 0 unspecified atom stereocenters. The molecule has 1 aromatic carbocycles. The summed E-state index contributed by atoms with van der Waals surface area (Å²) in [6, 6.07) is 3.75. The second-order valence-corrected chi connectivity index (χ2v) is 5.89. The molecule has 2 aliphatic heterocycles. The van der Waals surface area contributed by atoms with Crippen LogP contribution in [0.3, 0.4) is 0 Å². The molecule has 0 amide bonds. The van der Waals surface area contributed by atoms with Crippen molar-refractivity contribution < 1.29 is 14.6 Å². The first-order valence-corrected chi connectivity index (χ1v) is 7.19. The van der Waals surface area contributed by atoms with E-state index in [1.807, 2.05) is 6.07 Å². The van der Waals surface area contributed by atoms with E-state index in [1.165, 1.54) is 11.1 Å². The zero-order chi connectivity index (χ0) is 13.7. The first-order valence-electron chi connectivity index (χ1n) is 7.19. The van der Waals surface area contributed by atoms with Gasteiger partial charge in [-0.3, -0.25) is 0 Å². The Balaban J connectivity index is 1.92. The highest BCUT2D eigenvalue weighted by molar-refractivity contribution is 5.60. The molecule has 20 heavy (non-hydrogen) atoms. The van der Waals surface area contributed by atoms with Gasteiger partial charge in [-0.25, -0.2) is 0 Å². The number of nitrogens with one attached hydrogen (secondary N) is 1. The van der Waals surface area contributed by atoms with Crippen LogP contribution >= 0.6 is 0 Å². The lowest BCUT2D eigenvalue weighted by atomic mass is 9.69. The maximum atomic E-state index is 10.2. The van der Waals surface area contributed by atoms with Crippen molar-refractivity contribution in [2.45, 2.75) is 37.0 Å². The number of methoxy groups -OCH3 is 1. The number of benzene rings is 1. The van der Waals surface area contributed by atoms with Crippen LogP contribution < -0.4 is 10.1 Å². The Morgan fingerprint density at radius 3 is 3.20 bits per heavy atom. The molecule has 106 valence electrons. The largest absolute Gasteiger partial charge is 0.504 e. The summed E-state index contributed by atoms with van der Waals surface area (Å²) in [5.41, 5.74) is 2.30. The van der Waals surface area contributed by atoms with Crippen LogP contribution in [0.15, 0.2) is 24.3 Å². The summed E-state index contributed by atoms with van der Waals surface area (Å²) >= 11 is 0. The predicted molar refractivity (Wildman–Crippen MR) is 75.1 cm³/mol. The van der Waals surface area contributed by atoms with E-state index in [-0.39, 0.29) is 23.4 Å². The molecule has 3 atom stereocenters. The monoisotopic (exact) mass is 273 g/mol. The van der Waals surface area contributed by atoms with Crippen molar-refractivity contribution in [2.24, 2.45) is 0 Å². The molecule has 0 bridgehead atoms. The van der Waals surface area contributed by atoms with E-state index in [0.717, 1.165) is 25.9 Å². The van der Waals surface area contributed by atoms with Gasteiger partial charge in [0.05, 0.1) is 11.5 Å². The van der Waals surface area contributed by atoms with Crippen LogP contribution in [0.4, 0.5) is 0 Å². The van der Waals surface area contributed by atoms with Gasteiger partial charge in [-0.1, -0.05) is 18.2 Å². The Hall–Kier alpha value is -1.52. The third kappa shape index (κ3) is 1.49. The molecule has 1 aliphatic carbocycles. The van der Waals surface area contributed by atoms with Crippen LogP contribution in [0.5, 0.6) is 11.5 Å². The van der Waals surface area contributed by atoms with Crippen molar-refractivity contribution in [1.29, 1.82) is 0 Å².